The first-order valence-electron chi connectivity index (χ1n) is 5.07. The van der Waals surface area contributed by atoms with Gasteiger partial charge in [0.25, 0.3) is 0 Å². The molecule has 0 atom stereocenters. The Bertz CT molecular complexity index is 345. The highest BCUT2D eigenvalue weighted by Crippen LogP contribution is 2.10. The average Bonchev–Trinajstić information content (AvgIpc) is 2.27. The molecule has 0 saturated heterocycles. The Labute approximate surface area is 99.6 Å². The molecule has 0 aliphatic carbocycles. The Kier molecular flexibility index (Phi) is 5.67. The lowest BCUT2D eigenvalue weighted by Crippen LogP contribution is -2.30. The smallest absolute Gasteiger partial charge is 0.319 e. The third-order valence-corrected chi connectivity index (χ3v) is 2.15. The van der Waals surface area contributed by atoms with Gasteiger partial charge in [-0.25, -0.2) is 4.79 Å². The predicted octanol–water partition coefficient (Wildman–Crippen LogP) is 1.58. The van der Waals surface area contributed by atoms with Gasteiger partial charge in [-0.05, 0) is 24.1 Å². The Balaban J connectivity index is 2.52. The number of amides is 2. The van der Waals surface area contributed by atoms with E-state index < -0.39 is 0 Å². The lowest BCUT2D eigenvalue weighted by atomic mass is 10.1. The highest BCUT2D eigenvalue weighted by atomic mass is 35.5. The van der Waals surface area contributed by atoms with Crippen molar-refractivity contribution in [3.63, 3.8) is 0 Å². The van der Waals surface area contributed by atoms with Gasteiger partial charge < -0.3 is 15.7 Å². The van der Waals surface area contributed by atoms with Gasteiger partial charge in [0.15, 0.2) is 0 Å². The SMILES string of the molecule is O=C(NCCCl)Nc1cccc(CCO)c1. The first-order chi connectivity index (χ1) is 7.76. The number of urea groups is 1. The second kappa shape index (κ2) is 7.09. The molecule has 0 aliphatic rings. The van der Waals surface area contributed by atoms with Gasteiger partial charge in [-0.15, -0.1) is 11.6 Å². The highest BCUT2D eigenvalue weighted by molar-refractivity contribution is 6.18. The van der Waals surface area contributed by atoms with Crippen LogP contribution in [0.2, 0.25) is 0 Å². The van der Waals surface area contributed by atoms with Crippen LogP contribution in [0, 0.1) is 0 Å². The summed E-state index contributed by atoms with van der Waals surface area (Å²) in [6, 6.07) is 7.08. The number of carbonyl (C=O) groups is 1. The van der Waals surface area contributed by atoms with Crippen molar-refractivity contribution in [2.45, 2.75) is 6.42 Å². The summed E-state index contributed by atoms with van der Waals surface area (Å²) in [7, 11) is 0. The van der Waals surface area contributed by atoms with E-state index in [9.17, 15) is 4.79 Å². The molecule has 16 heavy (non-hydrogen) atoms. The van der Waals surface area contributed by atoms with Crippen molar-refractivity contribution in [2.75, 3.05) is 24.3 Å². The molecule has 1 rings (SSSR count). The van der Waals surface area contributed by atoms with Crippen LogP contribution >= 0.6 is 11.6 Å². The van der Waals surface area contributed by atoms with E-state index >= 15 is 0 Å². The lowest BCUT2D eigenvalue weighted by Gasteiger charge is -2.07. The Morgan fingerprint density at radius 1 is 1.44 bits per heavy atom. The molecule has 1 aromatic carbocycles. The summed E-state index contributed by atoms with van der Waals surface area (Å²) in [5.41, 5.74) is 1.69. The maximum Gasteiger partial charge on any atom is 0.319 e. The van der Waals surface area contributed by atoms with Crippen LogP contribution in [0.3, 0.4) is 0 Å². The topological polar surface area (TPSA) is 61.4 Å². The van der Waals surface area contributed by atoms with E-state index in [0.29, 0.717) is 24.5 Å². The van der Waals surface area contributed by atoms with E-state index in [4.69, 9.17) is 16.7 Å². The van der Waals surface area contributed by atoms with Gasteiger partial charge in [0, 0.05) is 24.7 Å². The van der Waals surface area contributed by atoms with Gasteiger partial charge in [-0.2, -0.15) is 0 Å². The molecule has 1 aromatic rings. The summed E-state index contributed by atoms with van der Waals surface area (Å²) < 4.78 is 0. The number of hydrogen-bond acceptors (Lipinski definition) is 2. The number of aliphatic hydroxyl groups excluding tert-OH is 1. The zero-order chi connectivity index (χ0) is 11.8. The third kappa shape index (κ3) is 4.51. The van der Waals surface area contributed by atoms with Gasteiger partial charge >= 0.3 is 6.03 Å². The molecule has 2 amide bonds. The number of rotatable bonds is 5. The largest absolute Gasteiger partial charge is 0.396 e. The highest BCUT2D eigenvalue weighted by Gasteiger charge is 2.01. The number of carbonyl (C=O) groups excluding carboxylic acids is 1. The molecule has 0 saturated carbocycles. The summed E-state index contributed by atoms with van der Waals surface area (Å²) in [6.07, 6.45) is 0.582. The van der Waals surface area contributed by atoms with Crippen LogP contribution in [0.15, 0.2) is 24.3 Å². The molecule has 0 aromatic heterocycles. The molecule has 0 unspecified atom stereocenters. The van der Waals surface area contributed by atoms with Crippen LogP contribution in [-0.2, 0) is 6.42 Å². The molecule has 0 heterocycles. The molecule has 4 nitrogen and oxygen atoms in total. The minimum Gasteiger partial charge on any atom is -0.396 e. The Hall–Kier alpha value is -1.26. The fourth-order valence-corrected chi connectivity index (χ4v) is 1.36. The summed E-state index contributed by atoms with van der Waals surface area (Å²) in [4.78, 5) is 11.3. The third-order valence-electron chi connectivity index (χ3n) is 1.97. The molecule has 0 spiro atoms. The lowest BCUT2D eigenvalue weighted by molar-refractivity contribution is 0.252. The van der Waals surface area contributed by atoms with Crippen molar-refractivity contribution < 1.29 is 9.90 Å². The minimum atomic E-state index is -0.276. The van der Waals surface area contributed by atoms with Crippen LogP contribution in [-0.4, -0.2) is 30.2 Å². The number of benzene rings is 1. The van der Waals surface area contributed by atoms with Crippen molar-refractivity contribution in [3.8, 4) is 0 Å². The molecule has 0 radical (unpaired) electrons. The van der Waals surface area contributed by atoms with E-state index in [1.165, 1.54) is 0 Å². The molecular formula is C11H15ClN2O2. The normalized spacial score (nSPS) is 9.88. The van der Waals surface area contributed by atoms with Crippen molar-refractivity contribution >= 4 is 23.3 Å². The van der Waals surface area contributed by atoms with Crippen molar-refractivity contribution in [2.24, 2.45) is 0 Å². The first-order valence-corrected chi connectivity index (χ1v) is 5.60. The summed E-state index contributed by atoms with van der Waals surface area (Å²) in [6.45, 7) is 0.533. The van der Waals surface area contributed by atoms with E-state index in [2.05, 4.69) is 10.6 Å². The van der Waals surface area contributed by atoms with Crippen molar-refractivity contribution in [1.82, 2.24) is 5.32 Å². The quantitative estimate of drug-likeness (QED) is 0.687. The van der Waals surface area contributed by atoms with Gasteiger partial charge in [0.1, 0.15) is 0 Å². The molecule has 5 heteroatoms. The van der Waals surface area contributed by atoms with Crippen molar-refractivity contribution in [3.05, 3.63) is 29.8 Å². The number of nitrogens with one attached hydrogen (secondary N) is 2. The molecule has 0 bridgehead atoms. The predicted molar refractivity (Wildman–Crippen MR) is 65.0 cm³/mol. The Morgan fingerprint density at radius 2 is 2.25 bits per heavy atom. The van der Waals surface area contributed by atoms with Gasteiger partial charge in [0.05, 0.1) is 0 Å². The number of hydrogen-bond donors (Lipinski definition) is 3. The molecule has 0 fully saturated rings. The summed E-state index contributed by atoms with van der Waals surface area (Å²) in [5, 5.41) is 14.1. The average molecular weight is 243 g/mol. The van der Waals surface area contributed by atoms with E-state index in [0.717, 1.165) is 5.56 Å². The standard InChI is InChI=1S/C11H15ClN2O2/c12-5-6-13-11(16)14-10-3-1-2-9(8-10)4-7-15/h1-3,8,15H,4-7H2,(H2,13,14,16). The fourth-order valence-electron chi connectivity index (χ4n) is 1.27. The van der Waals surface area contributed by atoms with E-state index in [-0.39, 0.29) is 12.6 Å². The second-order valence-corrected chi connectivity index (χ2v) is 3.62. The molecule has 0 aliphatic heterocycles. The van der Waals surface area contributed by atoms with Crippen LogP contribution in [0.5, 0.6) is 0 Å². The number of aliphatic hydroxyl groups is 1. The zero-order valence-corrected chi connectivity index (χ0v) is 9.63. The summed E-state index contributed by atoms with van der Waals surface area (Å²) >= 11 is 5.44. The first kappa shape index (κ1) is 12.8. The molecule has 88 valence electrons. The van der Waals surface area contributed by atoms with Gasteiger partial charge in [-0.1, -0.05) is 12.1 Å². The van der Waals surface area contributed by atoms with Crippen LogP contribution in [0.4, 0.5) is 10.5 Å². The van der Waals surface area contributed by atoms with Crippen LogP contribution in [0.25, 0.3) is 0 Å². The van der Waals surface area contributed by atoms with E-state index in [1.54, 1.807) is 6.07 Å². The van der Waals surface area contributed by atoms with Crippen molar-refractivity contribution in [1.29, 1.82) is 0 Å². The minimum absolute atomic E-state index is 0.0991. The van der Waals surface area contributed by atoms with Crippen LogP contribution < -0.4 is 10.6 Å². The van der Waals surface area contributed by atoms with Gasteiger partial charge in [-0.3, -0.25) is 0 Å². The Morgan fingerprint density at radius 3 is 2.94 bits per heavy atom. The maximum atomic E-state index is 11.3. The second-order valence-electron chi connectivity index (χ2n) is 3.24. The maximum absolute atomic E-state index is 11.3. The van der Waals surface area contributed by atoms with Crippen LogP contribution in [0.1, 0.15) is 5.56 Å². The molecule has 3 N–H and O–H groups in total. The fraction of sp³-hybridized carbons (Fsp3) is 0.364. The number of alkyl halides is 1. The number of anilines is 1. The number of halogens is 1. The van der Waals surface area contributed by atoms with Gasteiger partial charge in [0.2, 0.25) is 0 Å². The monoisotopic (exact) mass is 242 g/mol. The van der Waals surface area contributed by atoms with E-state index in [1.807, 2.05) is 18.2 Å². The zero-order valence-electron chi connectivity index (χ0n) is 8.87. The molecular weight excluding hydrogens is 228 g/mol. The summed E-state index contributed by atoms with van der Waals surface area (Å²) in [5.74, 6) is 0.387.